The summed E-state index contributed by atoms with van der Waals surface area (Å²) in [6.45, 7) is 6.15. The maximum absolute atomic E-state index is 13.0. The van der Waals surface area contributed by atoms with Gasteiger partial charge in [0.2, 0.25) is 5.88 Å². The maximum Gasteiger partial charge on any atom is 0.416 e. The Morgan fingerprint density at radius 3 is 2.73 bits per heavy atom. The Morgan fingerprint density at radius 2 is 2.04 bits per heavy atom. The number of hydrogen-bond acceptors (Lipinski definition) is 4. The van der Waals surface area contributed by atoms with Gasteiger partial charge in [0.1, 0.15) is 6.17 Å². The lowest BCUT2D eigenvalue weighted by Gasteiger charge is -2.38. The molecule has 0 radical (unpaired) electrons. The minimum Gasteiger partial charge on any atom is -0.478 e. The first-order chi connectivity index (χ1) is 12.3. The molecule has 0 aliphatic carbocycles. The lowest BCUT2D eigenvalue weighted by molar-refractivity contribution is -0.137. The Morgan fingerprint density at radius 1 is 1.27 bits per heavy atom. The molecule has 1 aliphatic rings. The van der Waals surface area contributed by atoms with E-state index in [1.807, 2.05) is 25.7 Å². The van der Waals surface area contributed by atoms with Gasteiger partial charge in [0.15, 0.2) is 0 Å². The van der Waals surface area contributed by atoms with Crippen LogP contribution in [0, 0.1) is 0 Å². The SMILES string of the molecule is CCOc1cc2c(cn1)N([C@H](C)c1cccc(C(F)(F)F)c1)C(C)N=C2. The first-order valence-electron chi connectivity index (χ1n) is 8.42. The highest BCUT2D eigenvalue weighted by atomic mass is 19.4. The van der Waals surface area contributed by atoms with Crippen LogP contribution in [0.3, 0.4) is 0 Å². The third-order valence-corrected chi connectivity index (χ3v) is 4.40. The van der Waals surface area contributed by atoms with E-state index in [1.54, 1.807) is 24.5 Å². The van der Waals surface area contributed by atoms with E-state index in [4.69, 9.17) is 4.74 Å². The van der Waals surface area contributed by atoms with Crippen LogP contribution in [-0.2, 0) is 6.18 Å². The molecule has 1 aromatic heterocycles. The van der Waals surface area contributed by atoms with Crippen LogP contribution >= 0.6 is 0 Å². The molecule has 0 spiro atoms. The number of halogens is 3. The Labute approximate surface area is 150 Å². The largest absolute Gasteiger partial charge is 0.478 e. The van der Waals surface area contributed by atoms with Gasteiger partial charge in [-0.05, 0) is 38.5 Å². The maximum atomic E-state index is 13.0. The molecule has 0 amide bonds. The van der Waals surface area contributed by atoms with Crippen molar-refractivity contribution in [1.82, 2.24) is 4.98 Å². The van der Waals surface area contributed by atoms with Gasteiger partial charge in [-0.2, -0.15) is 13.2 Å². The molecule has 2 heterocycles. The number of aliphatic imine (C=N–C) groups is 1. The molecule has 4 nitrogen and oxygen atoms in total. The zero-order valence-corrected chi connectivity index (χ0v) is 14.8. The molecule has 0 N–H and O–H groups in total. The van der Waals surface area contributed by atoms with Crippen LogP contribution in [0.15, 0.2) is 41.5 Å². The van der Waals surface area contributed by atoms with Gasteiger partial charge in [-0.25, -0.2) is 4.98 Å². The zero-order chi connectivity index (χ0) is 18.9. The number of nitrogens with zero attached hydrogens (tertiary/aromatic N) is 3. The number of aromatic nitrogens is 1. The van der Waals surface area contributed by atoms with Crippen molar-refractivity contribution in [2.24, 2.45) is 4.99 Å². The number of fused-ring (bicyclic) bond motifs is 1. The second-order valence-electron chi connectivity index (χ2n) is 6.13. The molecule has 2 aromatic rings. The fourth-order valence-electron chi connectivity index (χ4n) is 3.12. The molecule has 1 aliphatic heterocycles. The van der Waals surface area contributed by atoms with E-state index in [-0.39, 0.29) is 12.2 Å². The summed E-state index contributed by atoms with van der Waals surface area (Å²) in [4.78, 5) is 10.7. The molecule has 2 atom stereocenters. The second kappa shape index (κ2) is 6.97. The summed E-state index contributed by atoms with van der Waals surface area (Å²) < 4.78 is 44.6. The van der Waals surface area contributed by atoms with Crippen LogP contribution in [-0.4, -0.2) is 24.0 Å². The van der Waals surface area contributed by atoms with Crippen LogP contribution in [0.5, 0.6) is 5.88 Å². The normalized spacial score (nSPS) is 17.8. The average molecular weight is 363 g/mol. The summed E-state index contributed by atoms with van der Waals surface area (Å²) in [6.07, 6.45) is -1.15. The predicted octanol–water partition coefficient (Wildman–Crippen LogP) is 4.85. The third-order valence-electron chi connectivity index (χ3n) is 4.40. The topological polar surface area (TPSA) is 37.7 Å². The first kappa shape index (κ1) is 18.2. The van der Waals surface area contributed by atoms with Gasteiger partial charge in [-0.15, -0.1) is 0 Å². The molecular formula is C19H20F3N3O. The molecule has 1 unspecified atom stereocenters. The van der Waals surface area contributed by atoms with Gasteiger partial charge in [-0.3, -0.25) is 4.99 Å². The van der Waals surface area contributed by atoms with E-state index < -0.39 is 11.7 Å². The number of alkyl halides is 3. The quantitative estimate of drug-likeness (QED) is 0.780. The van der Waals surface area contributed by atoms with E-state index in [2.05, 4.69) is 9.98 Å². The van der Waals surface area contributed by atoms with Gasteiger partial charge in [0, 0.05) is 17.8 Å². The number of anilines is 1. The number of hydrogen-bond donors (Lipinski definition) is 0. The molecule has 0 fully saturated rings. The highest BCUT2D eigenvalue weighted by Crippen LogP contribution is 2.37. The van der Waals surface area contributed by atoms with Crippen LogP contribution in [0.25, 0.3) is 0 Å². The minimum atomic E-state index is -4.37. The molecule has 0 saturated heterocycles. The second-order valence-corrected chi connectivity index (χ2v) is 6.13. The van der Waals surface area contributed by atoms with Crippen molar-refractivity contribution in [1.29, 1.82) is 0 Å². The Balaban J connectivity index is 1.97. The smallest absolute Gasteiger partial charge is 0.416 e. The molecule has 0 bridgehead atoms. The lowest BCUT2D eigenvalue weighted by Crippen LogP contribution is -2.37. The Hall–Kier alpha value is -2.57. The van der Waals surface area contributed by atoms with Crippen molar-refractivity contribution in [3.63, 3.8) is 0 Å². The lowest BCUT2D eigenvalue weighted by atomic mass is 10.0. The van der Waals surface area contributed by atoms with Crippen molar-refractivity contribution in [3.8, 4) is 5.88 Å². The number of pyridine rings is 1. The number of benzene rings is 1. The summed E-state index contributed by atoms with van der Waals surface area (Å²) in [5, 5.41) is 0. The molecule has 3 rings (SSSR count). The van der Waals surface area contributed by atoms with Gasteiger partial charge in [0.25, 0.3) is 0 Å². The van der Waals surface area contributed by atoms with E-state index in [1.165, 1.54) is 12.1 Å². The van der Waals surface area contributed by atoms with E-state index in [0.717, 1.165) is 17.3 Å². The summed E-state index contributed by atoms with van der Waals surface area (Å²) in [6, 6.07) is 6.90. The standard InChI is InChI=1S/C19H20F3N3O/c1-4-26-18-9-15-10-23-13(3)25(17(15)11-24-18)12(2)14-6-5-7-16(8-14)19(20,21)22/h5-13H,4H2,1-3H3/t12-,13?/m1/s1. The molecular weight excluding hydrogens is 343 g/mol. The van der Waals surface area contributed by atoms with E-state index >= 15 is 0 Å². The predicted molar refractivity (Wildman–Crippen MR) is 94.8 cm³/mol. The van der Waals surface area contributed by atoms with Crippen molar-refractivity contribution in [3.05, 3.63) is 53.2 Å². The molecule has 7 heteroatoms. The molecule has 26 heavy (non-hydrogen) atoms. The molecule has 138 valence electrons. The number of rotatable bonds is 4. The molecule has 1 aromatic carbocycles. The monoisotopic (exact) mass is 363 g/mol. The van der Waals surface area contributed by atoms with Crippen LogP contribution in [0.2, 0.25) is 0 Å². The first-order valence-corrected chi connectivity index (χ1v) is 8.42. The van der Waals surface area contributed by atoms with Crippen molar-refractivity contribution < 1.29 is 17.9 Å². The summed E-state index contributed by atoms with van der Waals surface area (Å²) >= 11 is 0. The zero-order valence-electron chi connectivity index (χ0n) is 14.8. The molecule has 0 saturated carbocycles. The van der Waals surface area contributed by atoms with Crippen LogP contribution < -0.4 is 9.64 Å². The highest BCUT2D eigenvalue weighted by molar-refractivity contribution is 5.90. The van der Waals surface area contributed by atoms with Crippen molar-refractivity contribution >= 4 is 11.9 Å². The fourth-order valence-corrected chi connectivity index (χ4v) is 3.12. The fraction of sp³-hybridized carbons (Fsp3) is 0.368. The van der Waals surface area contributed by atoms with Crippen molar-refractivity contribution in [2.75, 3.05) is 11.5 Å². The average Bonchev–Trinajstić information content (AvgIpc) is 2.61. The van der Waals surface area contributed by atoms with Crippen LogP contribution in [0.1, 0.15) is 43.5 Å². The summed E-state index contributed by atoms with van der Waals surface area (Å²) in [5.74, 6) is 0.499. The summed E-state index contributed by atoms with van der Waals surface area (Å²) in [7, 11) is 0. The Bertz CT molecular complexity index is 820. The highest BCUT2D eigenvalue weighted by Gasteiger charge is 2.32. The van der Waals surface area contributed by atoms with Gasteiger partial charge < -0.3 is 9.64 Å². The minimum absolute atomic E-state index is 0.216. The van der Waals surface area contributed by atoms with Gasteiger partial charge in [-0.1, -0.05) is 12.1 Å². The van der Waals surface area contributed by atoms with E-state index in [9.17, 15) is 13.2 Å². The Kier molecular flexibility index (Phi) is 4.89. The van der Waals surface area contributed by atoms with Crippen LogP contribution in [0.4, 0.5) is 18.9 Å². The van der Waals surface area contributed by atoms with Gasteiger partial charge in [0.05, 0.1) is 30.1 Å². The number of ether oxygens (including phenoxy) is 1. The van der Waals surface area contributed by atoms with Crippen molar-refractivity contribution in [2.45, 2.75) is 39.2 Å². The van der Waals surface area contributed by atoms with Gasteiger partial charge >= 0.3 is 6.18 Å². The third kappa shape index (κ3) is 3.52. The van der Waals surface area contributed by atoms with E-state index in [0.29, 0.717) is 18.1 Å². The summed E-state index contributed by atoms with van der Waals surface area (Å²) in [5.41, 5.74) is 1.57.